The van der Waals surface area contributed by atoms with Crippen LogP contribution in [0.15, 0.2) is 277 Å². The zero-order valence-corrected chi connectivity index (χ0v) is 40.5. The minimum atomic E-state index is 0.871. The predicted molar refractivity (Wildman–Crippen MR) is 311 cm³/mol. The number of furan rings is 1. The van der Waals surface area contributed by atoms with Crippen LogP contribution in [0.1, 0.15) is 0 Å². The topological polar surface area (TPSA) is 22.9 Å². The fraction of sp³-hybridized carbons (Fsp3) is 0. The Balaban J connectivity index is 0.876. The SMILES string of the molecule is c1ccc(N(c2ccc(-c3cccc4c3sc3ccc(N(c5cccc(N(c6ccccc6)c6cccc7ccccc67)c5)c5cccc6ccccc56)cc34)cc2)c2ccc3c(c2)oc2ccccc23)cc1. The predicted octanol–water partition coefficient (Wildman–Crippen LogP) is 20.3. The minimum Gasteiger partial charge on any atom is -0.456 e. The molecule has 0 amide bonds. The molecule has 0 saturated carbocycles. The van der Waals surface area contributed by atoms with E-state index in [0.29, 0.717) is 0 Å². The van der Waals surface area contributed by atoms with Crippen LogP contribution in [0.25, 0.3) is 74.8 Å². The summed E-state index contributed by atoms with van der Waals surface area (Å²) in [4.78, 5) is 7.13. The summed E-state index contributed by atoms with van der Waals surface area (Å²) < 4.78 is 8.88. The Kier molecular flexibility index (Phi) is 10.3. The molecule has 0 saturated heterocycles. The first-order chi connectivity index (χ1) is 36.2. The van der Waals surface area contributed by atoms with Crippen LogP contribution >= 0.6 is 11.3 Å². The smallest absolute Gasteiger partial charge is 0.137 e. The summed E-state index contributed by atoms with van der Waals surface area (Å²) in [5.74, 6) is 0. The fourth-order valence-corrected chi connectivity index (χ4v) is 12.0. The first-order valence-corrected chi connectivity index (χ1v) is 25.5. The molecular formula is C68H45N3OS. The third kappa shape index (κ3) is 7.45. The average Bonchev–Trinajstić information content (AvgIpc) is 4.02. The van der Waals surface area contributed by atoms with Crippen molar-refractivity contribution in [1.29, 1.82) is 0 Å². The second-order valence-corrected chi connectivity index (χ2v) is 19.5. The lowest BCUT2D eigenvalue weighted by atomic mass is 10.0. The molecule has 0 bridgehead atoms. The van der Waals surface area contributed by atoms with E-state index in [1.165, 1.54) is 52.8 Å². The van der Waals surface area contributed by atoms with E-state index in [4.69, 9.17) is 4.42 Å². The Morgan fingerprint density at radius 1 is 0.274 bits per heavy atom. The monoisotopic (exact) mass is 951 g/mol. The standard InChI is InChI=1S/C68H45N3OS/c1-3-21-49(22-4-1)69(55-39-41-60-59-29-11-12-34-65(59)72-66(60)45-55)51-37-35-48(36-38-51)58-30-16-31-61-62-44-54(40-42-67(62)73-68(58)61)71(64-33-14-20-47-18-8-10-28-57(47)64)53-26-15-25-52(43-53)70(50-23-5-2-6-24-50)63-32-13-19-46-17-7-9-27-56(46)63/h1-45H. The zero-order valence-electron chi connectivity index (χ0n) is 39.6. The van der Waals surface area contributed by atoms with Gasteiger partial charge >= 0.3 is 0 Å². The second kappa shape index (κ2) is 17.8. The number of anilines is 9. The number of hydrogen-bond donors (Lipinski definition) is 0. The molecule has 0 atom stereocenters. The van der Waals surface area contributed by atoms with Crippen molar-refractivity contribution in [2.45, 2.75) is 0 Å². The normalized spacial score (nSPS) is 11.6. The third-order valence-corrected chi connectivity index (χ3v) is 15.4. The van der Waals surface area contributed by atoms with Crippen molar-refractivity contribution in [3.63, 3.8) is 0 Å². The van der Waals surface area contributed by atoms with Crippen LogP contribution in [0, 0.1) is 0 Å². The minimum absolute atomic E-state index is 0.871. The van der Waals surface area contributed by atoms with Crippen LogP contribution in [0.2, 0.25) is 0 Å². The number of benzene rings is 12. The van der Waals surface area contributed by atoms with Crippen LogP contribution in [0.3, 0.4) is 0 Å². The highest BCUT2D eigenvalue weighted by molar-refractivity contribution is 7.26. The van der Waals surface area contributed by atoms with Crippen molar-refractivity contribution in [3.8, 4) is 11.1 Å². The van der Waals surface area contributed by atoms with Crippen molar-refractivity contribution in [2.75, 3.05) is 14.7 Å². The zero-order chi connectivity index (χ0) is 48.2. The second-order valence-electron chi connectivity index (χ2n) is 18.5. The van der Waals surface area contributed by atoms with Crippen molar-refractivity contribution in [3.05, 3.63) is 273 Å². The van der Waals surface area contributed by atoms with Gasteiger partial charge in [0.25, 0.3) is 0 Å². The highest BCUT2D eigenvalue weighted by Crippen LogP contribution is 2.48. The highest BCUT2D eigenvalue weighted by atomic mass is 32.1. The molecule has 0 spiro atoms. The molecule has 14 aromatic rings. The molecule has 12 aromatic carbocycles. The number of hydrogen-bond acceptors (Lipinski definition) is 5. The van der Waals surface area contributed by atoms with E-state index < -0.39 is 0 Å². The molecule has 0 aliphatic rings. The molecule has 4 nitrogen and oxygen atoms in total. The van der Waals surface area contributed by atoms with Crippen molar-refractivity contribution >= 4 is 126 Å². The Morgan fingerprint density at radius 2 is 0.740 bits per heavy atom. The first-order valence-electron chi connectivity index (χ1n) is 24.7. The molecule has 0 radical (unpaired) electrons. The van der Waals surface area contributed by atoms with Gasteiger partial charge in [0.2, 0.25) is 0 Å². The number of fused-ring (bicyclic) bond motifs is 8. The average molecular weight is 952 g/mol. The van der Waals surface area contributed by atoms with Crippen LogP contribution in [-0.2, 0) is 0 Å². The van der Waals surface area contributed by atoms with E-state index in [9.17, 15) is 0 Å². The lowest BCUT2D eigenvalue weighted by Gasteiger charge is -2.30. The van der Waals surface area contributed by atoms with Crippen LogP contribution in [0.5, 0.6) is 0 Å². The number of rotatable bonds is 10. The van der Waals surface area contributed by atoms with Gasteiger partial charge in [-0.3, -0.25) is 0 Å². The van der Waals surface area contributed by atoms with Gasteiger partial charge in [-0.15, -0.1) is 11.3 Å². The van der Waals surface area contributed by atoms with Crippen LogP contribution in [0.4, 0.5) is 51.2 Å². The number of para-hydroxylation sites is 3. The summed E-state index contributed by atoms with van der Waals surface area (Å²) >= 11 is 1.86. The number of nitrogens with zero attached hydrogens (tertiary/aromatic N) is 3. The first kappa shape index (κ1) is 42.5. The molecule has 0 fully saturated rings. The Labute approximate surface area is 427 Å². The lowest BCUT2D eigenvalue weighted by molar-refractivity contribution is 0.669. The van der Waals surface area contributed by atoms with Gasteiger partial charge in [0, 0.05) is 87.6 Å². The quantitative estimate of drug-likeness (QED) is 0.136. The molecule has 5 heteroatoms. The van der Waals surface area contributed by atoms with E-state index in [2.05, 4.69) is 276 Å². The molecule has 73 heavy (non-hydrogen) atoms. The van der Waals surface area contributed by atoms with Gasteiger partial charge in [-0.25, -0.2) is 0 Å². The Bertz CT molecular complexity index is 4340. The Morgan fingerprint density at radius 3 is 1.44 bits per heavy atom. The van der Waals surface area contributed by atoms with Gasteiger partial charge in [-0.2, -0.15) is 0 Å². The van der Waals surface area contributed by atoms with Gasteiger partial charge in [0.15, 0.2) is 0 Å². The van der Waals surface area contributed by atoms with E-state index in [1.807, 2.05) is 23.5 Å². The summed E-state index contributed by atoms with van der Waals surface area (Å²) in [6, 6.07) is 98.4. The van der Waals surface area contributed by atoms with E-state index >= 15 is 0 Å². The van der Waals surface area contributed by atoms with Crippen molar-refractivity contribution in [1.82, 2.24) is 0 Å². The fourth-order valence-electron chi connectivity index (χ4n) is 10.8. The molecule has 2 aromatic heterocycles. The highest BCUT2D eigenvalue weighted by Gasteiger charge is 2.22. The maximum Gasteiger partial charge on any atom is 0.137 e. The van der Waals surface area contributed by atoms with E-state index in [1.54, 1.807) is 0 Å². The van der Waals surface area contributed by atoms with Crippen molar-refractivity contribution < 1.29 is 4.42 Å². The summed E-state index contributed by atoms with van der Waals surface area (Å²) in [6.45, 7) is 0. The van der Waals surface area contributed by atoms with Crippen LogP contribution in [-0.4, -0.2) is 0 Å². The largest absolute Gasteiger partial charge is 0.456 e. The Hall–Kier alpha value is -9.42. The lowest BCUT2D eigenvalue weighted by Crippen LogP contribution is -2.13. The number of thiophene rings is 1. The maximum atomic E-state index is 6.37. The third-order valence-electron chi connectivity index (χ3n) is 14.2. The summed E-state index contributed by atoms with van der Waals surface area (Å²) in [6.07, 6.45) is 0. The van der Waals surface area contributed by atoms with Crippen LogP contribution < -0.4 is 14.7 Å². The molecular weight excluding hydrogens is 907 g/mol. The molecule has 344 valence electrons. The molecule has 0 aliphatic heterocycles. The molecule has 0 aliphatic carbocycles. The summed E-state index contributed by atoms with van der Waals surface area (Å²) in [5, 5.41) is 9.50. The maximum absolute atomic E-state index is 6.37. The van der Waals surface area contributed by atoms with Gasteiger partial charge in [-0.1, -0.05) is 164 Å². The summed E-state index contributed by atoms with van der Waals surface area (Å²) in [5.41, 5.74) is 13.9. The summed E-state index contributed by atoms with van der Waals surface area (Å²) in [7, 11) is 0. The van der Waals surface area contributed by atoms with Gasteiger partial charge in [-0.05, 0) is 125 Å². The van der Waals surface area contributed by atoms with E-state index in [-0.39, 0.29) is 0 Å². The van der Waals surface area contributed by atoms with Crippen molar-refractivity contribution in [2.24, 2.45) is 0 Å². The molecule has 2 heterocycles. The molecule has 0 unspecified atom stereocenters. The van der Waals surface area contributed by atoms with E-state index in [0.717, 1.165) is 73.1 Å². The molecule has 0 N–H and O–H groups in total. The van der Waals surface area contributed by atoms with Gasteiger partial charge in [0.1, 0.15) is 11.2 Å². The van der Waals surface area contributed by atoms with Gasteiger partial charge < -0.3 is 19.1 Å². The molecule has 14 rings (SSSR count). The van der Waals surface area contributed by atoms with Gasteiger partial charge in [0.05, 0.1) is 11.4 Å².